The van der Waals surface area contributed by atoms with E-state index in [2.05, 4.69) is 10.4 Å². The highest BCUT2D eigenvalue weighted by atomic mass is 16.5. The molecule has 0 aromatic carbocycles. The van der Waals surface area contributed by atoms with E-state index in [0.29, 0.717) is 37.2 Å². The van der Waals surface area contributed by atoms with Gasteiger partial charge in [0, 0.05) is 38.0 Å². The van der Waals surface area contributed by atoms with Gasteiger partial charge in [0.05, 0.1) is 12.6 Å². The molecule has 112 valence electrons. The van der Waals surface area contributed by atoms with Crippen molar-refractivity contribution in [1.29, 1.82) is 0 Å². The molecular formula is C14H18N4O3. The van der Waals surface area contributed by atoms with Gasteiger partial charge in [-0.05, 0) is 12.8 Å². The van der Waals surface area contributed by atoms with Gasteiger partial charge < -0.3 is 15.0 Å². The predicted octanol–water partition coefficient (Wildman–Crippen LogP) is 0.159. The summed E-state index contributed by atoms with van der Waals surface area (Å²) in [4.78, 5) is 26.0. The maximum atomic E-state index is 12.2. The second-order valence-corrected chi connectivity index (χ2v) is 5.94. The molecule has 0 bridgehead atoms. The van der Waals surface area contributed by atoms with Crippen molar-refractivity contribution < 1.29 is 14.3 Å². The molecule has 1 saturated heterocycles. The summed E-state index contributed by atoms with van der Waals surface area (Å²) in [6.07, 6.45) is 3.49. The zero-order chi connectivity index (χ0) is 14.4. The lowest BCUT2D eigenvalue weighted by Crippen LogP contribution is -2.37. The Labute approximate surface area is 122 Å². The Morgan fingerprint density at radius 1 is 1.43 bits per heavy atom. The fourth-order valence-corrected chi connectivity index (χ4v) is 3.00. The molecule has 1 aromatic rings. The molecule has 1 aromatic heterocycles. The van der Waals surface area contributed by atoms with Crippen molar-refractivity contribution in [2.45, 2.75) is 44.3 Å². The van der Waals surface area contributed by atoms with Crippen LogP contribution in [0.4, 0.5) is 0 Å². The van der Waals surface area contributed by atoms with Gasteiger partial charge in [-0.25, -0.2) is 4.68 Å². The molecule has 2 aliphatic heterocycles. The van der Waals surface area contributed by atoms with Gasteiger partial charge in [0.2, 0.25) is 11.8 Å². The largest absolute Gasteiger partial charge is 0.478 e. The molecule has 4 rings (SSSR count). The number of carbonyl (C=O) groups is 2. The zero-order valence-electron chi connectivity index (χ0n) is 11.7. The number of aromatic nitrogens is 2. The summed E-state index contributed by atoms with van der Waals surface area (Å²) < 4.78 is 7.17. The number of rotatable bonds is 3. The number of carbonyl (C=O) groups excluding carboxylic acids is 2. The van der Waals surface area contributed by atoms with Gasteiger partial charge in [-0.3, -0.25) is 9.59 Å². The van der Waals surface area contributed by atoms with Crippen molar-refractivity contribution in [1.82, 2.24) is 20.0 Å². The molecule has 1 unspecified atom stereocenters. The van der Waals surface area contributed by atoms with Gasteiger partial charge in [0.15, 0.2) is 5.69 Å². The van der Waals surface area contributed by atoms with Gasteiger partial charge in [0.1, 0.15) is 0 Å². The van der Waals surface area contributed by atoms with Crippen molar-refractivity contribution >= 4 is 11.8 Å². The minimum Gasteiger partial charge on any atom is -0.478 e. The summed E-state index contributed by atoms with van der Waals surface area (Å²) in [6, 6.07) is 1.97. The van der Waals surface area contributed by atoms with E-state index in [9.17, 15) is 9.59 Å². The Morgan fingerprint density at radius 2 is 2.29 bits per heavy atom. The molecule has 2 fully saturated rings. The molecule has 3 aliphatic rings. The number of nitrogens with zero attached hydrogens (tertiary/aromatic N) is 3. The average Bonchev–Trinajstić information content (AvgIpc) is 3.11. The number of hydrogen-bond donors (Lipinski definition) is 1. The van der Waals surface area contributed by atoms with Crippen molar-refractivity contribution in [3.05, 3.63) is 11.8 Å². The van der Waals surface area contributed by atoms with Crippen LogP contribution in [0.3, 0.4) is 0 Å². The molecule has 2 amide bonds. The monoisotopic (exact) mass is 290 g/mol. The third-order valence-electron chi connectivity index (χ3n) is 4.22. The van der Waals surface area contributed by atoms with Crippen molar-refractivity contribution in [2.75, 3.05) is 13.2 Å². The van der Waals surface area contributed by atoms with Gasteiger partial charge in [-0.2, -0.15) is 5.10 Å². The van der Waals surface area contributed by atoms with Crippen LogP contribution in [0.15, 0.2) is 6.07 Å². The summed E-state index contributed by atoms with van der Waals surface area (Å²) in [6.45, 7) is 2.07. The van der Waals surface area contributed by atoms with E-state index in [1.165, 1.54) is 0 Å². The number of fused-ring (bicyclic) bond motifs is 1. The minimum absolute atomic E-state index is 0.106. The number of hydrogen-bond acceptors (Lipinski definition) is 4. The second-order valence-electron chi connectivity index (χ2n) is 5.94. The first-order valence-corrected chi connectivity index (χ1v) is 7.52. The highest BCUT2D eigenvalue weighted by molar-refractivity contribution is 5.93. The fraction of sp³-hybridized carbons (Fsp3) is 0.643. The number of amides is 2. The molecule has 1 aliphatic carbocycles. The maximum Gasteiger partial charge on any atom is 0.272 e. The summed E-state index contributed by atoms with van der Waals surface area (Å²) in [5.74, 6) is 0.569. The van der Waals surface area contributed by atoms with Crippen LogP contribution < -0.4 is 10.1 Å². The molecule has 0 spiro atoms. The van der Waals surface area contributed by atoms with Crippen molar-refractivity contribution in [2.24, 2.45) is 0 Å². The predicted molar refractivity (Wildman–Crippen MR) is 72.9 cm³/mol. The lowest BCUT2D eigenvalue weighted by Gasteiger charge is -2.15. The van der Waals surface area contributed by atoms with Crippen LogP contribution in [0.5, 0.6) is 5.88 Å². The van der Waals surface area contributed by atoms with Gasteiger partial charge in [0.25, 0.3) is 5.91 Å². The van der Waals surface area contributed by atoms with Gasteiger partial charge in [-0.15, -0.1) is 0 Å². The van der Waals surface area contributed by atoms with Crippen LogP contribution in [-0.4, -0.2) is 51.7 Å². The van der Waals surface area contributed by atoms with E-state index in [1.807, 2.05) is 4.90 Å². The second kappa shape index (κ2) is 4.75. The number of aryl methyl sites for hydroxylation is 1. The zero-order valence-corrected chi connectivity index (χ0v) is 11.7. The van der Waals surface area contributed by atoms with E-state index in [-0.39, 0.29) is 17.9 Å². The van der Waals surface area contributed by atoms with Crippen LogP contribution in [-0.2, 0) is 11.3 Å². The first-order chi connectivity index (χ1) is 10.2. The summed E-state index contributed by atoms with van der Waals surface area (Å²) in [5, 5.41) is 7.17. The van der Waals surface area contributed by atoms with Gasteiger partial charge >= 0.3 is 0 Å². The van der Waals surface area contributed by atoms with E-state index >= 15 is 0 Å². The highest BCUT2D eigenvalue weighted by Gasteiger charge is 2.39. The van der Waals surface area contributed by atoms with E-state index in [4.69, 9.17) is 4.74 Å². The first-order valence-electron chi connectivity index (χ1n) is 7.52. The molecule has 1 saturated carbocycles. The Kier molecular flexibility index (Phi) is 2.87. The normalized spacial score (nSPS) is 24.7. The lowest BCUT2D eigenvalue weighted by atomic mass is 10.2. The quantitative estimate of drug-likeness (QED) is 0.860. The average molecular weight is 290 g/mol. The maximum absolute atomic E-state index is 12.2. The summed E-state index contributed by atoms with van der Waals surface area (Å²) >= 11 is 0. The molecule has 1 atom stereocenters. The van der Waals surface area contributed by atoms with E-state index in [0.717, 1.165) is 25.8 Å². The number of likely N-dealkylation sites (tertiary alicyclic amines) is 1. The fourth-order valence-electron chi connectivity index (χ4n) is 3.00. The van der Waals surface area contributed by atoms with E-state index in [1.54, 1.807) is 10.7 Å². The third-order valence-corrected chi connectivity index (χ3v) is 4.22. The summed E-state index contributed by atoms with van der Waals surface area (Å²) in [7, 11) is 0. The lowest BCUT2D eigenvalue weighted by molar-refractivity contribution is -0.128. The molecule has 7 nitrogen and oxygen atoms in total. The van der Waals surface area contributed by atoms with Crippen LogP contribution in [0.25, 0.3) is 0 Å². The van der Waals surface area contributed by atoms with Crippen LogP contribution in [0.2, 0.25) is 0 Å². The SMILES string of the molecule is O=C(NC1CC(=O)N(C2CC2)C1)c1cc2n(n1)CCCO2. The van der Waals surface area contributed by atoms with Crippen LogP contribution >= 0.6 is 0 Å². The Hall–Kier alpha value is -2.05. The number of nitrogens with one attached hydrogen (secondary N) is 1. The Bertz CT molecular complexity index is 570. The molecule has 21 heavy (non-hydrogen) atoms. The topological polar surface area (TPSA) is 76.5 Å². The molecule has 7 heteroatoms. The summed E-state index contributed by atoms with van der Waals surface area (Å²) in [5.41, 5.74) is 0.365. The molecule has 0 radical (unpaired) electrons. The Balaban J connectivity index is 1.41. The standard InChI is InChI=1S/C14H18N4O3/c19-12-6-9(8-17(12)10-2-3-10)15-14(20)11-7-13-18(16-11)4-1-5-21-13/h7,9-10H,1-6,8H2,(H,15,20). The highest BCUT2D eigenvalue weighted by Crippen LogP contribution is 2.30. The Morgan fingerprint density at radius 3 is 3.05 bits per heavy atom. The van der Waals surface area contributed by atoms with Crippen molar-refractivity contribution in [3.8, 4) is 5.88 Å². The number of ether oxygens (including phenoxy) is 1. The van der Waals surface area contributed by atoms with Crippen LogP contribution in [0, 0.1) is 0 Å². The minimum atomic E-state index is -0.226. The molecule has 3 heterocycles. The van der Waals surface area contributed by atoms with Crippen LogP contribution in [0.1, 0.15) is 36.2 Å². The van der Waals surface area contributed by atoms with E-state index < -0.39 is 0 Å². The smallest absolute Gasteiger partial charge is 0.272 e. The molecule has 1 N–H and O–H groups in total. The molecular weight excluding hydrogens is 272 g/mol. The van der Waals surface area contributed by atoms with Gasteiger partial charge in [-0.1, -0.05) is 0 Å². The third kappa shape index (κ3) is 2.36. The first kappa shape index (κ1) is 12.7. The van der Waals surface area contributed by atoms with Crippen molar-refractivity contribution in [3.63, 3.8) is 0 Å².